The SMILES string of the molecule is CCC(C)(C)C([N-]C(C)C)[N-]C(C)C.CCC(C)(C)C([N-]C(C)C)[N-]C(C)C.[CH-]=O.[CH-]=O.[Ru+6]. The molecular weight excluding hydrogens is 501 g/mol. The summed E-state index contributed by atoms with van der Waals surface area (Å²) in [5.41, 5.74) is 0.378. The second kappa shape index (κ2) is 23.5. The zero-order valence-electron chi connectivity index (χ0n) is 24.0. The molecule has 0 N–H and O–H groups in total. The van der Waals surface area contributed by atoms with Gasteiger partial charge in [0.15, 0.2) is 0 Å². The third-order valence-electron chi connectivity index (χ3n) is 4.98. The molecule has 6 nitrogen and oxygen atoms in total. The average molecular weight is 556 g/mol. The Morgan fingerprint density at radius 1 is 0.515 bits per heavy atom. The van der Waals surface area contributed by atoms with Crippen molar-refractivity contribution in [3.8, 4) is 0 Å². The summed E-state index contributed by atoms with van der Waals surface area (Å²) in [5, 5.41) is 18.8. The van der Waals surface area contributed by atoms with Gasteiger partial charge < -0.3 is 30.9 Å². The molecule has 0 saturated carbocycles. The standard InChI is InChI=1S/2C12H26N2.2CHO.Ru/c2*1-8-12(6,7)11(13-9(2)3)14-10(4)5;2*1-2;/h2*9-11H,8H2,1-7H3;2*1H;/q2*-2;2*-1;+6. The van der Waals surface area contributed by atoms with E-state index in [4.69, 9.17) is 30.9 Å². The van der Waals surface area contributed by atoms with E-state index in [2.05, 4.69) is 111 Å². The summed E-state index contributed by atoms with van der Waals surface area (Å²) in [6.07, 6.45) is 2.52. The van der Waals surface area contributed by atoms with Crippen molar-refractivity contribution < 1.29 is 29.1 Å². The van der Waals surface area contributed by atoms with E-state index in [1.807, 2.05) is 0 Å². The fourth-order valence-electron chi connectivity index (χ4n) is 2.38. The van der Waals surface area contributed by atoms with Gasteiger partial charge in [-0.2, -0.15) is 0 Å². The van der Waals surface area contributed by atoms with Crippen LogP contribution in [0.15, 0.2) is 0 Å². The van der Waals surface area contributed by atoms with Gasteiger partial charge in [0, 0.05) is 0 Å². The molecule has 0 unspecified atom stereocenters. The molecule has 0 fully saturated rings. The maximum atomic E-state index is 7.75. The Morgan fingerprint density at radius 2 is 0.667 bits per heavy atom. The van der Waals surface area contributed by atoms with Gasteiger partial charge in [-0.15, -0.1) is 24.2 Å². The second-order valence-corrected chi connectivity index (χ2v) is 10.4. The molecule has 0 aliphatic rings. The molecule has 33 heavy (non-hydrogen) atoms. The fraction of sp³-hybridized carbons (Fsp3) is 0.923. The van der Waals surface area contributed by atoms with E-state index >= 15 is 0 Å². The summed E-state index contributed by atoms with van der Waals surface area (Å²) in [6, 6.07) is 1.48. The fourth-order valence-corrected chi connectivity index (χ4v) is 2.38. The summed E-state index contributed by atoms with van der Waals surface area (Å²) in [4.78, 5) is 15.5. The van der Waals surface area contributed by atoms with Gasteiger partial charge in [0.2, 0.25) is 0 Å². The first-order valence-corrected chi connectivity index (χ1v) is 11.9. The van der Waals surface area contributed by atoms with E-state index in [0.29, 0.717) is 24.2 Å². The van der Waals surface area contributed by atoms with E-state index in [9.17, 15) is 0 Å². The minimum absolute atomic E-state index is 0. The van der Waals surface area contributed by atoms with Crippen molar-refractivity contribution in [1.82, 2.24) is 0 Å². The van der Waals surface area contributed by atoms with Gasteiger partial charge in [-0.1, -0.05) is 121 Å². The van der Waals surface area contributed by atoms with Crippen LogP contribution in [0.5, 0.6) is 0 Å². The van der Waals surface area contributed by atoms with Crippen LogP contribution in [-0.2, 0) is 29.1 Å². The molecule has 0 aliphatic carbocycles. The van der Waals surface area contributed by atoms with E-state index in [1.165, 1.54) is 0 Å². The van der Waals surface area contributed by atoms with E-state index in [0.717, 1.165) is 12.8 Å². The van der Waals surface area contributed by atoms with Gasteiger partial charge in [-0.25, -0.2) is 12.3 Å². The van der Waals surface area contributed by atoms with Crippen LogP contribution in [0.3, 0.4) is 0 Å². The Morgan fingerprint density at radius 3 is 0.758 bits per heavy atom. The summed E-state index contributed by atoms with van der Waals surface area (Å²) >= 11 is 0. The predicted molar refractivity (Wildman–Crippen MR) is 143 cm³/mol. The molecule has 0 rings (SSSR count). The Kier molecular flexibility index (Phi) is 30.6. The zero-order chi connectivity index (χ0) is 26.7. The number of carbonyl (C=O) groups excluding carboxylic acids is 2. The summed E-state index contributed by atoms with van der Waals surface area (Å²) in [7, 11) is 0. The first-order valence-electron chi connectivity index (χ1n) is 11.9. The number of rotatable bonds is 12. The van der Waals surface area contributed by atoms with Crippen LogP contribution in [0, 0.1) is 10.8 Å². The first-order chi connectivity index (χ1) is 14.6. The van der Waals surface area contributed by atoms with Gasteiger partial charge in [0.1, 0.15) is 0 Å². The van der Waals surface area contributed by atoms with Crippen LogP contribution >= 0.6 is 0 Å². The molecule has 0 bridgehead atoms. The summed E-state index contributed by atoms with van der Waals surface area (Å²) < 4.78 is 0. The monoisotopic (exact) mass is 556 g/mol. The van der Waals surface area contributed by atoms with Crippen molar-refractivity contribution >= 4 is 13.6 Å². The molecule has 0 amide bonds. The number of nitrogens with zero attached hydrogens (tertiary/aromatic N) is 4. The molecule has 0 aromatic rings. The van der Waals surface area contributed by atoms with Gasteiger partial charge in [0.05, 0.1) is 0 Å². The molecule has 198 valence electrons. The summed E-state index contributed by atoms with van der Waals surface area (Å²) in [6.45, 7) is 36.9. The Bertz CT molecular complexity index is 359. The Balaban J connectivity index is -0.000000134. The molecule has 0 aromatic carbocycles. The average Bonchev–Trinajstić information content (AvgIpc) is 2.69. The van der Waals surface area contributed by atoms with E-state index < -0.39 is 0 Å². The van der Waals surface area contributed by atoms with Crippen molar-refractivity contribution in [2.75, 3.05) is 0 Å². The van der Waals surface area contributed by atoms with Crippen molar-refractivity contribution in [3.63, 3.8) is 0 Å². The van der Waals surface area contributed by atoms with Gasteiger partial charge in [-0.05, 0) is 0 Å². The summed E-state index contributed by atoms with van der Waals surface area (Å²) in [5.74, 6) is 0. The van der Waals surface area contributed by atoms with Crippen LogP contribution in [0.1, 0.15) is 110 Å². The molecule has 0 aromatic heterocycles. The van der Waals surface area contributed by atoms with E-state index in [-0.39, 0.29) is 42.6 Å². The normalized spacial score (nSPS) is 11.5. The molecule has 0 radical (unpaired) electrons. The molecule has 0 spiro atoms. The predicted octanol–water partition coefficient (Wildman–Crippen LogP) is 8.08. The van der Waals surface area contributed by atoms with Gasteiger partial charge >= 0.3 is 19.5 Å². The first kappa shape index (κ1) is 42.9. The molecule has 0 saturated heterocycles. The van der Waals surface area contributed by atoms with Crippen LogP contribution in [0.25, 0.3) is 21.3 Å². The van der Waals surface area contributed by atoms with Crippen molar-refractivity contribution in [3.05, 3.63) is 21.3 Å². The van der Waals surface area contributed by atoms with Crippen molar-refractivity contribution in [2.24, 2.45) is 10.8 Å². The van der Waals surface area contributed by atoms with E-state index in [1.54, 1.807) is 0 Å². The quantitative estimate of drug-likeness (QED) is 0.138. The Hall–Kier alpha value is -0.197. The van der Waals surface area contributed by atoms with Gasteiger partial charge in [0.25, 0.3) is 0 Å². The van der Waals surface area contributed by atoms with Crippen LogP contribution in [0.2, 0.25) is 0 Å². The minimum atomic E-state index is 0. The molecular formula is C26H54N4O2Ru. The minimum Gasteiger partial charge on any atom is -0.675 e. The van der Waals surface area contributed by atoms with Crippen LogP contribution in [0.4, 0.5) is 0 Å². The maximum Gasteiger partial charge on any atom is 6.00 e. The van der Waals surface area contributed by atoms with Crippen molar-refractivity contribution in [2.45, 2.75) is 146 Å². The van der Waals surface area contributed by atoms with Gasteiger partial charge in [-0.3, -0.25) is 13.6 Å². The maximum absolute atomic E-state index is 7.75. The Labute approximate surface area is 220 Å². The topological polar surface area (TPSA) is 90.5 Å². The number of hydrogen-bond donors (Lipinski definition) is 0. The van der Waals surface area contributed by atoms with Crippen LogP contribution < -0.4 is 0 Å². The third-order valence-corrected chi connectivity index (χ3v) is 4.98. The number of hydrogen-bond acceptors (Lipinski definition) is 2. The largest absolute Gasteiger partial charge is 6.00 e. The molecule has 0 aliphatic heterocycles. The van der Waals surface area contributed by atoms with Crippen LogP contribution in [-0.4, -0.2) is 50.1 Å². The molecule has 0 heterocycles. The smallest absolute Gasteiger partial charge is 0.675 e. The molecule has 0 atom stereocenters. The van der Waals surface area contributed by atoms with Crippen molar-refractivity contribution in [1.29, 1.82) is 0 Å². The molecule has 7 heteroatoms. The zero-order valence-corrected chi connectivity index (χ0v) is 25.7. The second-order valence-electron chi connectivity index (χ2n) is 10.4. The third kappa shape index (κ3) is 24.7.